The van der Waals surface area contributed by atoms with E-state index in [9.17, 15) is 4.79 Å². The first-order valence-corrected chi connectivity index (χ1v) is 8.24. The molecule has 4 heteroatoms. The molecule has 0 aliphatic carbocycles. The van der Waals surface area contributed by atoms with Crippen LogP contribution in [0.2, 0.25) is 0 Å². The minimum Gasteiger partial charge on any atom is -0.497 e. The van der Waals surface area contributed by atoms with E-state index in [1.54, 1.807) is 7.11 Å². The van der Waals surface area contributed by atoms with Crippen LogP contribution in [0.25, 0.3) is 0 Å². The number of rotatable bonds is 3. The van der Waals surface area contributed by atoms with Crippen molar-refractivity contribution in [2.75, 3.05) is 26.7 Å². The van der Waals surface area contributed by atoms with Crippen molar-refractivity contribution in [1.82, 2.24) is 10.2 Å². The molecule has 2 fully saturated rings. The van der Waals surface area contributed by atoms with Crippen LogP contribution in [0.1, 0.15) is 38.2 Å². The molecule has 0 aromatic heterocycles. The highest BCUT2D eigenvalue weighted by molar-refractivity contribution is 5.87. The van der Waals surface area contributed by atoms with Gasteiger partial charge in [0.1, 0.15) is 5.75 Å². The van der Waals surface area contributed by atoms with Gasteiger partial charge in [0, 0.05) is 18.5 Å². The van der Waals surface area contributed by atoms with E-state index in [4.69, 9.17) is 4.74 Å². The molecule has 2 saturated heterocycles. The van der Waals surface area contributed by atoms with Crippen LogP contribution in [-0.4, -0.2) is 43.6 Å². The molecule has 1 spiro atoms. The smallest absolute Gasteiger partial charge is 0.229 e. The molecule has 1 aromatic rings. The van der Waals surface area contributed by atoms with Gasteiger partial charge >= 0.3 is 0 Å². The van der Waals surface area contributed by atoms with Gasteiger partial charge < -0.3 is 15.0 Å². The summed E-state index contributed by atoms with van der Waals surface area (Å²) in [6.07, 6.45) is 1.87. The van der Waals surface area contributed by atoms with Crippen molar-refractivity contribution >= 4 is 5.91 Å². The Kier molecular flexibility index (Phi) is 4.13. The molecule has 22 heavy (non-hydrogen) atoms. The summed E-state index contributed by atoms with van der Waals surface area (Å²) in [5.41, 5.74) is 1.05. The van der Waals surface area contributed by atoms with Crippen molar-refractivity contribution < 1.29 is 9.53 Å². The zero-order chi connectivity index (χ0) is 15.7. The van der Waals surface area contributed by atoms with Gasteiger partial charge in [-0.2, -0.15) is 0 Å². The summed E-state index contributed by atoms with van der Waals surface area (Å²) in [4.78, 5) is 15.2. The highest BCUT2D eigenvalue weighted by Crippen LogP contribution is 2.50. The number of hydrogen-bond donors (Lipinski definition) is 1. The molecule has 4 nitrogen and oxygen atoms in total. The molecule has 1 atom stereocenters. The van der Waals surface area contributed by atoms with E-state index in [1.807, 2.05) is 12.1 Å². The Morgan fingerprint density at radius 2 is 1.86 bits per heavy atom. The Morgan fingerprint density at radius 1 is 1.23 bits per heavy atom. The topological polar surface area (TPSA) is 41.6 Å². The maximum atomic E-state index is 13.1. The molecular weight excluding hydrogens is 276 g/mol. The van der Waals surface area contributed by atoms with Crippen molar-refractivity contribution in [3.05, 3.63) is 29.8 Å². The summed E-state index contributed by atoms with van der Waals surface area (Å²) < 4.78 is 5.26. The maximum Gasteiger partial charge on any atom is 0.229 e. The SMILES string of the molecule is COc1ccc([C@H]2CN(C(C)C)C(=O)C23CCNCC3)cc1. The van der Waals surface area contributed by atoms with Crippen LogP contribution in [0.4, 0.5) is 0 Å². The van der Waals surface area contributed by atoms with Crippen molar-refractivity contribution in [2.45, 2.75) is 38.6 Å². The molecule has 0 bridgehead atoms. The van der Waals surface area contributed by atoms with Gasteiger partial charge in [-0.05, 0) is 57.5 Å². The summed E-state index contributed by atoms with van der Waals surface area (Å²) >= 11 is 0. The normalized spacial score (nSPS) is 24.3. The number of likely N-dealkylation sites (tertiary alicyclic amines) is 1. The standard InChI is InChI=1S/C18H26N2O2/c1-13(2)20-12-16(14-4-6-15(22-3)7-5-14)18(17(20)21)8-10-19-11-9-18/h4-7,13,16,19H,8-12H2,1-3H3/t16-/m1/s1. The molecule has 2 aliphatic heterocycles. The van der Waals surface area contributed by atoms with E-state index >= 15 is 0 Å². The lowest BCUT2D eigenvalue weighted by molar-refractivity contribution is -0.139. The van der Waals surface area contributed by atoms with Crippen LogP contribution >= 0.6 is 0 Å². The maximum absolute atomic E-state index is 13.1. The molecule has 0 saturated carbocycles. The fourth-order valence-electron chi connectivity index (χ4n) is 4.03. The Hall–Kier alpha value is -1.55. The zero-order valence-electron chi connectivity index (χ0n) is 13.8. The molecule has 120 valence electrons. The van der Waals surface area contributed by atoms with Crippen LogP contribution in [0.3, 0.4) is 0 Å². The number of piperidine rings is 1. The number of carbonyl (C=O) groups is 1. The largest absolute Gasteiger partial charge is 0.497 e. The molecule has 2 aliphatic rings. The number of nitrogens with one attached hydrogen (secondary N) is 1. The number of carbonyl (C=O) groups excluding carboxylic acids is 1. The lowest BCUT2D eigenvalue weighted by Crippen LogP contribution is -2.45. The molecule has 0 radical (unpaired) electrons. The Balaban J connectivity index is 1.97. The molecular formula is C18H26N2O2. The average Bonchev–Trinajstić information content (AvgIpc) is 2.82. The van der Waals surface area contributed by atoms with Crippen molar-refractivity contribution in [3.63, 3.8) is 0 Å². The van der Waals surface area contributed by atoms with Crippen molar-refractivity contribution in [1.29, 1.82) is 0 Å². The third kappa shape index (κ3) is 2.39. The van der Waals surface area contributed by atoms with Gasteiger partial charge in [-0.3, -0.25) is 4.79 Å². The van der Waals surface area contributed by atoms with Crippen LogP contribution < -0.4 is 10.1 Å². The van der Waals surface area contributed by atoms with Gasteiger partial charge in [0.2, 0.25) is 5.91 Å². The van der Waals surface area contributed by atoms with Crippen LogP contribution in [0.15, 0.2) is 24.3 Å². The molecule has 1 amide bonds. The summed E-state index contributed by atoms with van der Waals surface area (Å²) in [6.45, 7) is 6.93. The molecule has 3 rings (SSSR count). The van der Waals surface area contributed by atoms with Crippen LogP contribution in [-0.2, 0) is 4.79 Å². The van der Waals surface area contributed by atoms with E-state index in [0.717, 1.165) is 38.2 Å². The molecule has 1 N–H and O–H groups in total. The van der Waals surface area contributed by atoms with Crippen molar-refractivity contribution in [3.8, 4) is 5.75 Å². The van der Waals surface area contributed by atoms with Gasteiger partial charge in [0.15, 0.2) is 0 Å². The second-order valence-electron chi connectivity index (χ2n) is 6.78. The first-order valence-electron chi connectivity index (χ1n) is 8.24. The van der Waals surface area contributed by atoms with Crippen LogP contribution in [0, 0.1) is 5.41 Å². The summed E-state index contributed by atoms with van der Waals surface area (Å²) in [5, 5.41) is 3.40. The van der Waals surface area contributed by atoms with E-state index in [1.165, 1.54) is 5.56 Å². The Morgan fingerprint density at radius 3 is 2.41 bits per heavy atom. The summed E-state index contributed by atoms with van der Waals surface area (Å²) in [7, 11) is 1.68. The average molecular weight is 302 g/mol. The number of nitrogens with zero attached hydrogens (tertiary/aromatic N) is 1. The zero-order valence-corrected chi connectivity index (χ0v) is 13.8. The van der Waals surface area contributed by atoms with Gasteiger partial charge in [-0.25, -0.2) is 0 Å². The van der Waals surface area contributed by atoms with Crippen molar-refractivity contribution in [2.24, 2.45) is 5.41 Å². The van der Waals surface area contributed by atoms with E-state index in [0.29, 0.717) is 5.91 Å². The minimum absolute atomic E-state index is 0.218. The number of ether oxygens (including phenoxy) is 1. The Labute approximate surface area is 132 Å². The minimum atomic E-state index is -0.218. The van der Waals surface area contributed by atoms with Gasteiger partial charge in [-0.15, -0.1) is 0 Å². The lowest BCUT2D eigenvalue weighted by Gasteiger charge is -2.37. The Bertz CT molecular complexity index is 533. The second-order valence-corrected chi connectivity index (χ2v) is 6.78. The fourth-order valence-corrected chi connectivity index (χ4v) is 4.03. The predicted molar refractivity (Wildman–Crippen MR) is 87.1 cm³/mol. The van der Waals surface area contributed by atoms with Crippen LogP contribution in [0.5, 0.6) is 5.75 Å². The third-order valence-corrected chi connectivity index (χ3v) is 5.37. The van der Waals surface area contributed by atoms with E-state index < -0.39 is 0 Å². The highest BCUT2D eigenvalue weighted by Gasteiger charge is 2.54. The fraction of sp³-hybridized carbons (Fsp3) is 0.611. The monoisotopic (exact) mass is 302 g/mol. The second kappa shape index (κ2) is 5.92. The van der Waals surface area contributed by atoms with E-state index in [2.05, 4.69) is 36.2 Å². The summed E-state index contributed by atoms with van der Waals surface area (Å²) in [6, 6.07) is 8.54. The highest BCUT2D eigenvalue weighted by atomic mass is 16.5. The first-order chi connectivity index (χ1) is 10.6. The number of hydrogen-bond acceptors (Lipinski definition) is 3. The molecule has 1 aromatic carbocycles. The number of amides is 1. The first kappa shape index (κ1) is 15.3. The van der Waals surface area contributed by atoms with Gasteiger partial charge in [-0.1, -0.05) is 12.1 Å². The quantitative estimate of drug-likeness (QED) is 0.932. The molecule has 0 unspecified atom stereocenters. The number of methoxy groups -OCH3 is 1. The van der Waals surface area contributed by atoms with E-state index in [-0.39, 0.29) is 17.4 Å². The van der Waals surface area contributed by atoms with Gasteiger partial charge in [0.05, 0.1) is 12.5 Å². The number of benzene rings is 1. The lowest BCUT2D eigenvalue weighted by atomic mass is 9.68. The predicted octanol–water partition coefficient (Wildman–Crippen LogP) is 2.40. The molecule has 2 heterocycles. The van der Waals surface area contributed by atoms with Gasteiger partial charge in [0.25, 0.3) is 0 Å². The summed E-state index contributed by atoms with van der Waals surface area (Å²) in [5.74, 6) is 1.51. The third-order valence-electron chi connectivity index (χ3n) is 5.37.